The number of rotatable bonds is 7. The first-order chi connectivity index (χ1) is 34.2. The number of hydrogen-bond donors (Lipinski definition) is 0. The molecule has 14 aromatic rings. The second kappa shape index (κ2) is 15.7. The van der Waals surface area contributed by atoms with Crippen molar-refractivity contribution >= 4 is 93.1 Å². The zero-order chi connectivity index (χ0) is 45.4. The molecule has 0 saturated carbocycles. The molecule has 322 valence electrons. The summed E-state index contributed by atoms with van der Waals surface area (Å²) in [5, 5.41) is 12.3. The summed E-state index contributed by atoms with van der Waals surface area (Å²) in [6.07, 6.45) is 0. The highest BCUT2D eigenvalue weighted by atomic mass is 16.3. The molecule has 0 aliphatic carbocycles. The van der Waals surface area contributed by atoms with Crippen LogP contribution in [-0.4, -0.2) is 4.57 Å². The number of fused-ring (bicyclic) bond motifs is 11. The van der Waals surface area contributed by atoms with Crippen LogP contribution in [0.15, 0.2) is 259 Å². The van der Waals surface area contributed by atoms with Crippen LogP contribution >= 0.6 is 0 Å². The van der Waals surface area contributed by atoms with E-state index in [1.807, 2.05) is 12.1 Å². The lowest BCUT2D eigenvalue weighted by Gasteiger charge is -2.26. The maximum absolute atomic E-state index is 6.16. The molecule has 0 aliphatic rings. The summed E-state index contributed by atoms with van der Waals surface area (Å²) >= 11 is 0. The molecule has 0 saturated heterocycles. The molecule has 2 aromatic heterocycles. The molecule has 69 heavy (non-hydrogen) atoms. The molecular weight excluding hydrogens is 837 g/mol. The van der Waals surface area contributed by atoms with E-state index in [2.05, 4.69) is 252 Å². The van der Waals surface area contributed by atoms with Gasteiger partial charge in [-0.3, -0.25) is 0 Å². The van der Waals surface area contributed by atoms with Crippen molar-refractivity contribution in [3.8, 4) is 39.1 Å². The van der Waals surface area contributed by atoms with E-state index >= 15 is 0 Å². The van der Waals surface area contributed by atoms with Gasteiger partial charge in [0.15, 0.2) is 0 Å². The minimum absolute atomic E-state index is 0.902. The monoisotopic (exact) mass is 878 g/mol. The van der Waals surface area contributed by atoms with Crippen molar-refractivity contribution in [2.45, 2.75) is 0 Å². The zero-order valence-corrected chi connectivity index (χ0v) is 37.6. The fraction of sp³-hybridized carbons (Fsp3) is 0. The Morgan fingerprint density at radius 1 is 0.275 bits per heavy atom. The van der Waals surface area contributed by atoms with Crippen LogP contribution in [0.25, 0.3) is 115 Å². The molecule has 3 heteroatoms. The molecule has 0 atom stereocenters. The van der Waals surface area contributed by atoms with Gasteiger partial charge in [-0.25, -0.2) is 0 Å². The minimum Gasteiger partial charge on any atom is -0.456 e. The topological polar surface area (TPSA) is 21.3 Å². The molecule has 0 aliphatic heterocycles. The first-order valence-corrected chi connectivity index (χ1v) is 23.6. The molecule has 0 radical (unpaired) electrons. The van der Waals surface area contributed by atoms with Crippen molar-refractivity contribution in [1.82, 2.24) is 4.57 Å². The molecule has 0 fully saturated rings. The van der Waals surface area contributed by atoms with Gasteiger partial charge in [0, 0.05) is 49.7 Å². The van der Waals surface area contributed by atoms with Crippen LogP contribution in [0.4, 0.5) is 17.1 Å². The Labute approximate surface area is 399 Å². The molecule has 12 aromatic carbocycles. The van der Waals surface area contributed by atoms with E-state index in [1.54, 1.807) is 0 Å². The normalized spacial score (nSPS) is 11.8. The Kier molecular flexibility index (Phi) is 8.90. The third kappa shape index (κ3) is 6.51. The Hall–Kier alpha value is -9.18. The van der Waals surface area contributed by atoms with Gasteiger partial charge >= 0.3 is 0 Å². The fourth-order valence-electron chi connectivity index (χ4n) is 10.8. The quantitative estimate of drug-likeness (QED) is 0.149. The Morgan fingerprint density at radius 3 is 1.43 bits per heavy atom. The van der Waals surface area contributed by atoms with Gasteiger partial charge < -0.3 is 13.9 Å². The maximum Gasteiger partial charge on any atom is 0.135 e. The van der Waals surface area contributed by atoms with E-state index in [4.69, 9.17) is 4.42 Å². The second-order valence-corrected chi connectivity index (χ2v) is 18.1. The van der Waals surface area contributed by atoms with E-state index in [0.29, 0.717) is 0 Å². The third-order valence-electron chi connectivity index (χ3n) is 14.2. The minimum atomic E-state index is 0.902. The summed E-state index contributed by atoms with van der Waals surface area (Å²) in [4.78, 5) is 2.36. The summed E-state index contributed by atoms with van der Waals surface area (Å²) in [6.45, 7) is 0. The van der Waals surface area contributed by atoms with Crippen molar-refractivity contribution in [2.24, 2.45) is 0 Å². The van der Waals surface area contributed by atoms with Gasteiger partial charge in [0.1, 0.15) is 11.2 Å². The van der Waals surface area contributed by atoms with E-state index in [1.165, 1.54) is 70.8 Å². The number of furan rings is 1. The molecule has 14 rings (SSSR count). The van der Waals surface area contributed by atoms with E-state index < -0.39 is 0 Å². The average molecular weight is 879 g/mol. The number of hydrogen-bond acceptors (Lipinski definition) is 2. The molecule has 3 nitrogen and oxygen atoms in total. The highest BCUT2D eigenvalue weighted by molar-refractivity contribution is 6.19. The number of para-hydroxylation sites is 2. The molecule has 0 unspecified atom stereocenters. The number of anilines is 3. The SMILES string of the molecule is c1ccc(-n2c3cc(-c4ccc(N(c5ccc(-c6ccc7c(ccc8ccccc87)c6)cc5)c5ccc(-c6ccc7oc8ccccc8c7c6)cc5)cc4)ccc3c3ccc4ccccc4c32)cc1. The van der Waals surface area contributed by atoms with Crippen molar-refractivity contribution in [3.05, 3.63) is 255 Å². The van der Waals surface area contributed by atoms with Gasteiger partial charge in [-0.2, -0.15) is 0 Å². The first-order valence-electron chi connectivity index (χ1n) is 23.6. The summed E-state index contributed by atoms with van der Waals surface area (Å²) in [5.41, 5.74) is 15.6. The number of nitrogens with zero attached hydrogens (tertiary/aromatic N) is 2. The molecule has 0 amide bonds. The van der Waals surface area contributed by atoms with Gasteiger partial charge in [-0.05, 0) is 139 Å². The van der Waals surface area contributed by atoms with Crippen LogP contribution in [0, 0.1) is 0 Å². The lowest BCUT2D eigenvalue weighted by molar-refractivity contribution is 0.669. The van der Waals surface area contributed by atoms with Crippen molar-refractivity contribution in [2.75, 3.05) is 4.90 Å². The fourth-order valence-corrected chi connectivity index (χ4v) is 10.8. The van der Waals surface area contributed by atoms with Crippen LogP contribution in [0.2, 0.25) is 0 Å². The smallest absolute Gasteiger partial charge is 0.135 e. The van der Waals surface area contributed by atoms with Crippen LogP contribution < -0.4 is 4.90 Å². The molecule has 0 bridgehead atoms. The van der Waals surface area contributed by atoms with Crippen molar-refractivity contribution in [3.63, 3.8) is 0 Å². The van der Waals surface area contributed by atoms with Gasteiger partial charge in [-0.15, -0.1) is 0 Å². The highest BCUT2D eigenvalue weighted by Crippen LogP contribution is 2.42. The standard InChI is InChI=1S/C66H42N2O/c1-2-12-52(13-3-1)68-63-42-50(28-37-59(63)61-38-26-47-11-5-7-15-58(47)66(61)68)45-24-34-55(35-25-45)67(54-32-22-44(23-33-54)49-29-39-65-62(41-49)60-16-8-9-17-64(60)69-65)53-30-20-43(21-31-53)48-27-36-57-51(40-48)19-18-46-10-4-6-14-56(46)57/h1-42H. The highest BCUT2D eigenvalue weighted by Gasteiger charge is 2.18. The van der Waals surface area contributed by atoms with Crippen LogP contribution in [0.3, 0.4) is 0 Å². The van der Waals surface area contributed by atoms with Gasteiger partial charge in [0.05, 0.1) is 11.0 Å². The predicted octanol–water partition coefficient (Wildman–Crippen LogP) is 18.6. The van der Waals surface area contributed by atoms with Gasteiger partial charge in [0.2, 0.25) is 0 Å². The summed E-state index contributed by atoms with van der Waals surface area (Å²) in [7, 11) is 0. The average Bonchev–Trinajstić information content (AvgIpc) is 3.97. The third-order valence-corrected chi connectivity index (χ3v) is 14.2. The lowest BCUT2D eigenvalue weighted by Crippen LogP contribution is -2.09. The largest absolute Gasteiger partial charge is 0.456 e. The predicted molar refractivity (Wildman–Crippen MR) is 292 cm³/mol. The number of benzene rings is 12. The summed E-state index contributed by atoms with van der Waals surface area (Å²) < 4.78 is 8.60. The van der Waals surface area contributed by atoms with Crippen LogP contribution in [0.1, 0.15) is 0 Å². The van der Waals surface area contributed by atoms with E-state index in [0.717, 1.165) is 61.4 Å². The summed E-state index contributed by atoms with van der Waals surface area (Å²) in [5.74, 6) is 0. The van der Waals surface area contributed by atoms with Crippen LogP contribution in [0.5, 0.6) is 0 Å². The lowest BCUT2D eigenvalue weighted by atomic mass is 9.97. The molecular formula is C66H42N2O. The zero-order valence-electron chi connectivity index (χ0n) is 37.6. The Bertz CT molecular complexity index is 4280. The second-order valence-electron chi connectivity index (χ2n) is 18.1. The van der Waals surface area contributed by atoms with Crippen LogP contribution in [-0.2, 0) is 0 Å². The Balaban J connectivity index is 0.855. The first kappa shape index (κ1) is 39.0. The maximum atomic E-state index is 6.16. The molecule has 2 heterocycles. The van der Waals surface area contributed by atoms with E-state index in [-0.39, 0.29) is 0 Å². The molecule has 0 N–H and O–H groups in total. The van der Waals surface area contributed by atoms with Crippen molar-refractivity contribution in [1.29, 1.82) is 0 Å². The van der Waals surface area contributed by atoms with Gasteiger partial charge in [-0.1, -0.05) is 176 Å². The van der Waals surface area contributed by atoms with E-state index in [9.17, 15) is 0 Å². The number of aromatic nitrogens is 1. The summed E-state index contributed by atoms with van der Waals surface area (Å²) in [6, 6.07) is 92.6. The Morgan fingerprint density at radius 2 is 0.739 bits per heavy atom. The molecule has 0 spiro atoms. The van der Waals surface area contributed by atoms with Gasteiger partial charge in [0.25, 0.3) is 0 Å². The van der Waals surface area contributed by atoms with Crippen molar-refractivity contribution < 1.29 is 4.42 Å².